The van der Waals surface area contributed by atoms with Gasteiger partial charge in [0.05, 0.1) is 5.56 Å². The summed E-state index contributed by atoms with van der Waals surface area (Å²) in [6.45, 7) is 4.58. The Morgan fingerprint density at radius 2 is 1.31 bits per heavy atom. The minimum Gasteiger partial charge on any atom is -0.336 e. The van der Waals surface area contributed by atoms with Crippen LogP contribution in [0.25, 0.3) is 11.1 Å². The number of piperazine rings is 1. The normalized spacial score (nSPS) is 17.1. The molecule has 0 N–H and O–H groups in total. The van der Waals surface area contributed by atoms with Gasteiger partial charge in [-0.1, -0.05) is 48.5 Å². The molecular formula is C26H26N4O2. The number of amides is 2. The van der Waals surface area contributed by atoms with Crippen LogP contribution in [-0.4, -0.2) is 76.8 Å². The summed E-state index contributed by atoms with van der Waals surface area (Å²) in [5, 5.41) is 0. The van der Waals surface area contributed by atoms with Crippen LogP contribution in [-0.2, 0) is 0 Å². The molecule has 2 aliphatic heterocycles. The fraction of sp³-hybridized carbons (Fsp3) is 0.269. The number of carbonyl (C=O) groups is 2. The summed E-state index contributed by atoms with van der Waals surface area (Å²) in [4.78, 5) is 36.1. The number of pyridine rings is 1. The van der Waals surface area contributed by atoms with Crippen LogP contribution < -0.4 is 0 Å². The zero-order valence-electron chi connectivity index (χ0n) is 17.9. The van der Waals surface area contributed by atoms with Gasteiger partial charge in [-0.2, -0.15) is 0 Å². The van der Waals surface area contributed by atoms with Gasteiger partial charge in [0.25, 0.3) is 11.8 Å². The molecule has 2 saturated heterocycles. The van der Waals surface area contributed by atoms with E-state index in [1.807, 2.05) is 76.5 Å². The van der Waals surface area contributed by atoms with Crippen molar-refractivity contribution in [2.45, 2.75) is 6.04 Å². The fourth-order valence-corrected chi connectivity index (χ4v) is 4.43. The van der Waals surface area contributed by atoms with Gasteiger partial charge in [-0.15, -0.1) is 0 Å². The molecule has 2 aromatic carbocycles. The van der Waals surface area contributed by atoms with E-state index in [0.717, 1.165) is 56.0 Å². The van der Waals surface area contributed by atoms with Crippen LogP contribution >= 0.6 is 0 Å². The van der Waals surface area contributed by atoms with E-state index >= 15 is 0 Å². The molecule has 0 unspecified atom stereocenters. The number of aromatic nitrogens is 1. The molecule has 0 atom stereocenters. The van der Waals surface area contributed by atoms with E-state index < -0.39 is 0 Å². The molecule has 32 heavy (non-hydrogen) atoms. The first-order chi connectivity index (χ1) is 15.7. The molecule has 3 aromatic rings. The van der Waals surface area contributed by atoms with Crippen molar-refractivity contribution in [3.8, 4) is 11.1 Å². The largest absolute Gasteiger partial charge is 0.336 e. The third kappa shape index (κ3) is 4.14. The molecule has 0 bridgehead atoms. The van der Waals surface area contributed by atoms with Gasteiger partial charge in [0.2, 0.25) is 0 Å². The Labute approximate surface area is 188 Å². The number of carbonyl (C=O) groups excluding carboxylic acids is 2. The van der Waals surface area contributed by atoms with Gasteiger partial charge in [0.1, 0.15) is 0 Å². The summed E-state index contributed by atoms with van der Waals surface area (Å²) in [7, 11) is 0. The lowest BCUT2D eigenvalue weighted by molar-refractivity contribution is 0.00852. The lowest BCUT2D eigenvalue weighted by Gasteiger charge is -2.48. The third-order valence-electron chi connectivity index (χ3n) is 6.38. The predicted octanol–water partition coefficient (Wildman–Crippen LogP) is 3.03. The molecule has 0 saturated carbocycles. The van der Waals surface area contributed by atoms with E-state index in [1.54, 1.807) is 12.4 Å². The second kappa shape index (κ2) is 8.93. The molecule has 5 rings (SSSR count). The first-order valence-electron chi connectivity index (χ1n) is 11.1. The van der Waals surface area contributed by atoms with Crippen molar-refractivity contribution in [1.82, 2.24) is 19.7 Å². The zero-order valence-corrected chi connectivity index (χ0v) is 17.9. The van der Waals surface area contributed by atoms with Crippen LogP contribution in [0.5, 0.6) is 0 Å². The van der Waals surface area contributed by atoms with E-state index in [4.69, 9.17) is 0 Å². The molecule has 6 nitrogen and oxygen atoms in total. The minimum absolute atomic E-state index is 0.0319. The quantitative estimate of drug-likeness (QED) is 0.644. The highest BCUT2D eigenvalue weighted by Crippen LogP contribution is 2.23. The summed E-state index contributed by atoms with van der Waals surface area (Å²) in [6, 6.07) is 21.7. The van der Waals surface area contributed by atoms with Gasteiger partial charge in [0, 0.05) is 68.8 Å². The van der Waals surface area contributed by atoms with Crippen LogP contribution in [0.15, 0.2) is 79.1 Å². The summed E-state index contributed by atoms with van der Waals surface area (Å²) in [6.07, 6.45) is 3.44. The van der Waals surface area contributed by atoms with E-state index in [0.29, 0.717) is 11.6 Å². The Hall–Kier alpha value is -3.51. The molecule has 3 heterocycles. The fourth-order valence-electron chi connectivity index (χ4n) is 4.43. The van der Waals surface area contributed by atoms with Gasteiger partial charge in [-0.25, -0.2) is 0 Å². The molecular weight excluding hydrogens is 400 g/mol. The van der Waals surface area contributed by atoms with Gasteiger partial charge in [-0.3, -0.25) is 19.5 Å². The first kappa shape index (κ1) is 20.4. The summed E-state index contributed by atoms with van der Waals surface area (Å²) < 4.78 is 0. The second-order valence-corrected chi connectivity index (χ2v) is 8.39. The molecule has 2 amide bonds. The van der Waals surface area contributed by atoms with Crippen molar-refractivity contribution in [3.05, 3.63) is 90.3 Å². The number of rotatable bonds is 4. The van der Waals surface area contributed by atoms with Crippen LogP contribution in [0.2, 0.25) is 0 Å². The van der Waals surface area contributed by atoms with E-state index in [9.17, 15) is 9.59 Å². The molecule has 0 radical (unpaired) electrons. The van der Waals surface area contributed by atoms with Crippen LogP contribution in [0, 0.1) is 0 Å². The highest BCUT2D eigenvalue weighted by molar-refractivity contribution is 5.96. The highest BCUT2D eigenvalue weighted by Gasteiger charge is 2.37. The van der Waals surface area contributed by atoms with Gasteiger partial charge >= 0.3 is 0 Å². The summed E-state index contributed by atoms with van der Waals surface area (Å²) in [5.41, 5.74) is 3.38. The Bertz CT molecular complexity index is 1090. The number of hydrogen-bond donors (Lipinski definition) is 0. The molecule has 2 fully saturated rings. The second-order valence-electron chi connectivity index (χ2n) is 8.39. The maximum absolute atomic E-state index is 13.0. The topological polar surface area (TPSA) is 56.8 Å². The Kier molecular flexibility index (Phi) is 5.69. The van der Waals surface area contributed by atoms with Crippen molar-refractivity contribution in [3.63, 3.8) is 0 Å². The molecule has 1 aromatic heterocycles. The molecule has 162 valence electrons. The lowest BCUT2D eigenvalue weighted by atomic mass is 10.0. The molecule has 6 heteroatoms. The average molecular weight is 427 g/mol. The monoisotopic (exact) mass is 426 g/mol. The average Bonchev–Trinajstić information content (AvgIpc) is 2.84. The van der Waals surface area contributed by atoms with Crippen molar-refractivity contribution >= 4 is 11.8 Å². The van der Waals surface area contributed by atoms with E-state index in [1.165, 1.54) is 0 Å². The van der Waals surface area contributed by atoms with Crippen molar-refractivity contribution < 1.29 is 9.59 Å². The van der Waals surface area contributed by atoms with E-state index in [2.05, 4.69) is 9.88 Å². The Balaban J connectivity index is 1.14. The van der Waals surface area contributed by atoms with Gasteiger partial charge in [-0.05, 0) is 23.8 Å². The molecule has 2 aliphatic rings. The Morgan fingerprint density at radius 1 is 0.688 bits per heavy atom. The number of benzene rings is 2. The smallest absolute Gasteiger partial charge is 0.255 e. The van der Waals surface area contributed by atoms with Crippen LogP contribution in [0.3, 0.4) is 0 Å². The maximum atomic E-state index is 13.0. The predicted molar refractivity (Wildman–Crippen MR) is 123 cm³/mol. The molecule has 0 aliphatic carbocycles. The Morgan fingerprint density at radius 3 is 2.00 bits per heavy atom. The third-order valence-corrected chi connectivity index (χ3v) is 6.38. The number of nitrogens with zero attached hydrogens (tertiary/aromatic N) is 4. The zero-order chi connectivity index (χ0) is 21.9. The standard InChI is InChI=1S/C26H26N4O2/c31-25(21-9-5-2-6-10-21)29-13-11-28(12-14-29)24-18-30(19-24)26(32)23-15-22(16-27-17-23)20-7-3-1-4-8-20/h1-10,15-17,24H,11-14,18-19H2. The van der Waals surface area contributed by atoms with Gasteiger partial charge < -0.3 is 9.80 Å². The van der Waals surface area contributed by atoms with Crippen molar-refractivity contribution in [2.24, 2.45) is 0 Å². The summed E-state index contributed by atoms with van der Waals surface area (Å²) >= 11 is 0. The minimum atomic E-state index is 0.0319. The summed E-state index contributed by atoms with van der Waals surface area (Å²) in [5.74, 6) is 0.130. The van der Waals surface area contributed by atoms with Gasteiger partial charge in [0.15, 0.2) is 0 Å². The van der Waals surface area contributed by atoms with Crippen LogP contribution in [0.4, 0.5) is 0 Å². The van der Waals surface area contributed by atoms with E-state index in [-0.39, 0.29) is 11.8 Å². The SMILES string of the molecule is O=C(c1ccccc1)N1CCN(C2CN(C(=O)c3cncc(-c4ccccc4)c3)C2)CC1. The highest BCUT2D eigenvalue weighted by atomic mass is 16.2. The van der Waals surface area contributed by atoms with Crippen molar-refractivity contribution in [2.75, 3.05) is 39.3 Å². The first-order valence-corrected chi connectivity index (χ1v) is 11.1. The van der Waals surface area contributed by atoms with Crippen LogP contribution in [0.1, 0.15) is 20.7 Å². The van der Waals surface area contributed by atoms with Crippen molar-refractivity contribution in [1.29, 1.82) is 0 Å². The lowest BCUT2D eigenvalue weighted by Crippen LogP contribution is -2.64. The maximum Gasteiger partial charge on any atom is 0.255 e. The number of likely N-dealkylation sites (tertiary alicyclic amines) is 1. The number of hydrogen-bond acceptors (Lipinski definition) is 4. The molecule has 0 spiro atoms.